The molecule has 2 rings (SSSR count). The van der Waals surface area contributed by atoms with Gasteiger partial charge in [-0.3, -0.25) is 4.79 Å². The van der Waals surface area contributed by atoms with Crippen LogP contribution in [0.25, 0.3) is 0 Å². The molecule has 100 valence electrons. The van der Waals surface area contributed by atoms with Crippen LogP contribution in [0.5, 0.6) is 0 Å². The van der Waals surface area contributed by atoms with Crippen molar-refractivity contribution in [3.05, 3.63) is 35.4 Å². The maximum absolute atomic E-state index is 11.9. The van der Waals surface area contributed by atoms with Crippen LogP contribution in [0, 0.1) is 17.8 Å². The lowest BCUT2D eigenvalue weighted by Crippen LogP contribution is -2.25. The lowest BCUT2D eigenvalue weighted by Gasteiger charge is -2.17. The van der Waals surface area contributed by atoms with E-state index in [1.807, 2.05) is 29.2 Å². The predicted molar refractivity (Wildman–Crippen MR) is 74.2 cm³/mol. The summed E-state index contributed by atoms with van der Waals surface area (Å²) in [6.45, 7) is 3.44. The van der Waals surface area contributed by atoms with E-state index in [-0.39, 0.29) is 12.5 Å². The van der Waals surface area contributed by atoms with E-state index in [9.17, 15) is 4.79 Å². The van der Waals surface area contributed by atoms with Crippen molar-refractivity contribution in [3.8, 4) is 11.8 Å². The summed E-state index contributed by atoms with van der Waals surface area (Å²) < 4.78 is 0. The molecule has 1 aliphatic rings. The molecule has 0 aliphatic carbocycles. The second kappa shape index (κ2) is 6.40. The van der Waals surface area contributed by atoms with E-state index in [0.717, 1.165) is 24.1 Å². The minimum Gasteiger partial charge on any atom is -0.384 e. The highest BCUT2D eigenvalue weighted by atomic mass is 16.2. The smallest absolute Gasteiger partial charge is 0.223 e. The van der Waals surface area contributed by atoms with Crippen LogP contribution in [-0.2, 0) is 11.3 Å². The van der Waals surface area contributed by atoms with Crippen LogP contribution >= 0.6 is 0 Å². The Hall–Kier alpha value is -1.79. The molecule has 1 saturated heterocycles. The number of hydrogen-bond donors (Lipinski definition) is 1. The van der Waals surface area contributed by atoms with Crippen molar-refractivity contribution in [1.29, 1.82) is 0 Å². The van der Waals surface area contributed by atoms with Crippen LogP contribution in [0.15, 0.2) is 24.3 Å². The number of amides is 1. The number of likely N-dealkylation sites (tertiary alicyclic amines) is 1. The van der Waals surface area contributed by atoms with Crippen molar-refractivity contribution < 1.29 is 9.90 Å². The molecule has 19 heavy (non-hydrogen) atoms. The van der Waals surface area contributed by atoms with E-state index >= 15 is 0 Å². The highest BCUT2D eigenvalue weighted by Gasteiger charge is 2.28. The van der Waals surface area contributed by atoms with Crippen molar-refractivity contribution >= 4 is 5.91 Å². The summed E-state index contributed by atoms with van der Waals surface area (Å²) in [4.78, 5) is 13.8. The Morgan fingerprint density at radius 3 is 2.89 bits per heavy atom. The molecule has 1 unspecified atom stereocenters. The van der Waals surface area contributed by atoms with Crippen molar-refractivity contribution in [2.24, 2.45) is 5.92 Å². The van der Waals surface area contributed by atoms with Gasteiger partial charge in [-0.15, -0.1) is 0 Å². The first-order chi connectivity index (χ1) is 9.24. The van der Waals surface area contributed by atoms with E-state index in [1.54, 1.807) is 0 Å². The molecular formula is C16H19NO2. The van der Waals surface area contributed by atoms with Crippen molar-refractivity contribution in [2.75, 3.05) is 13.2 Å². The molecule has 1 aromatic carbocycles. The van der Waals surface area contributed by atoms with Crippen LogP contribution in [0.3, 0.4) is 0 Å². The second-order valence-corrected chi connectivity index (χ2v) is 4.87. The zero-order valence-corrected chi connectivity index (χ0v) is 11.2. The van der Waals surface area contributed by atoms with E-state index in [0.29, 0.717) is 18.9 Å². The topological polar surface area (TPSA) is 40.5 Å². The quantitative estimate of drug-likeness (QED) is 0.839. The van der Waals surface area contributed by atoms with Crippen LogP contribution in [-0.4, -0.2) is 29.1 Å². The molecule has 1 atom stereocenters. The Kier molecular flexibility index (Phi) is 4.59. The van der Waals surface area contributed by atoms with Crippen molar-refractivity contribution in [1.82, 2.24) is 4.90 Å². The molecular weight excluding hydrogens is 238 g/mol. The number of carbonyl (C=O) groups is 1. The third-order valence-corrected chi connectivity index (χ3v) is 3.55. The number of hydrogen-bond acceptors (Lipinski definition) is 2. The van der Waals surface area contributed by atoms with Gasteiger partial charge in [0.25, 0.3) is 0 Å². The molecule has 1 aliphatic heterocycles. The summed E-state index contributed by atoms with van der Waals surface area (Å²) in [6, 6.07) is 7.80. The van der Waals surface area contributed by atoms with Gasteiger partial charge in [0, 0.05) is 25.1 Å². The summed E-state index contributed by atoms with van der Waals surface area (Å²) in [5.74, 6) is 6.32. The zero-order chi connectivity index (χ0) is 13.7. The van der Waals surface area contributed by atoms with Gasteiger partial charge >= 0.3 is 0 Å². The first kappa shape index (κ1) is 13.6. The van der Waals surface area contributed by atoms with Gasteiger partial charge < -0.3 is 10.0 Å². The van der Waals surface area contributed by atoms with Gasteiger partial charge in [0.1, 0.15) is 6.61 Å². The standard InChI is InChI=1S/C16H19NO2/c1-2-13-10-16(19)17(11-13)12-15-7-4-3-6-14(15)8-5-9-18/h3-4,6-7,13,18H,2,9-12H2,1H3. The Bertz CT molecular complexity index is 513. The van der Waals surface area contributed by atoms with Gasteiger partial charge in [-0.05, 0) is 17.5 Å². The first-order valence-corrected chi connectivity index (χ1v) is 6.70. The minimum atomic E-state index is -0.144. The highest BCUT2D eigenvalue weighted by molar-refractivity contribution is 5.78. The number of nitrogens with zero attached hydrogens (tertiary/aromatic N) is 1. The van der Waals surface area contributed by atoms with Crippen LogP contribution < -0.4 is 0 Å². The van der Waals surface area contributed by atoms with Gasteiger partial charge in [0.05, 0.1) is 0 Å². The highest BCUT2D eigenvalue weighted by Crippen LogP contribution is 2.23. The molecule has 0 radical (unpaired) electrons. The van der Waals surface area contributed by atoms with Gasteiger partial charge in [0.15, 0.2) is 0 Å². The maximum atomic E-state index is 11.9. The molecule has 0 bridgehead atoms. The summed E-state index contributed by atoms with van der Waals surface area (Å²) in [6.07, 6.45) is 1.72. The first-order valence-electron chi connectivity index (χ1n) is 6.70. The summed E-state index contributed by atoms with van der Waals surface area (Å²) in [5, 5.41) is 8.77. The fraction of sp³-hybridized carbons (Fsp3) is 0.438. The van der Waals surface area contributed by atoms with Crippen molar-refractivity contribution in [3.63, 3.8) is 0 Å². The van der Waals surface area contributed by atoms with Crippen LogP contribution in [0.4, 0.5) is 0 Å². The van der Waals surface area contributed by atoms with E-state index in [2.05, 4.69) is 18.8 Å². The Balaban J connectivity index is 2.13. The van der Waals surface area contributed by atoms with Gasteiger partial charge in [-0.2, -0.15) is 0 Å². The third-order valence-electron chi connectivity index (χ3n) is 3.55. The summed E-state index contributed by atoms with van der Waals surface area (Å²) in [7, 11) is 0. The minimum absolute atomic E-state index is 0.144. The molecule has 1 amide bonds. The second-order valence-electron chi connectivity index (χ2n) is 4.87. The normalized spacial score (nSPS) is 18.3. The molecule has 3 heteroatoms. The molecule has 1 heterocycles. The van der Waals surface area contributed by atoms with Gasteiger partial charge in [-0.1, -0.05) is 43.4 Å². The van der Waals surface area contributed by atoms with E-state index in [1.165, 1.54) is 0 Å². The fourth-order valence-corrected chi connectivity index (χ4v) is 2.40. The molecule has 0 spiro atoms. The SMILES string of the molecule is CCC1CC(=O)N(Cc2ccccc2C#CCO)C1. The number of carbonyl (C=O) groups excluding carboxylic acids is 1. The van der Waals surface area contributed by atoms with Gasteiger partial charge in [0.2, 0.25) is 5.91 Å². The predicted octanol–water partition coefficient (Wildman–Crippen LogP) is 1.79. The molecule has 0 saturated carbocycles. The van der Waals surface area contributed by atoms with Crippen molar-refractivity contribution in [2.45, 2.75) is 26.3 Å². The number of benzene rings is 1. The Labute approximate surface area is 114 Å². The lowest BCUT2D eigenvalue weighted by molar-refractivity contribution is -0.128. The fourth-order valence-electron chi connectivity index (χ4n) is 2.40. The molecule has 3 nitrogen and oxygen atoms in total. The van der Waals surface area contributed by atoms with E-state index in [4.69, 9.17) is 5.11 Å². The van der Waals surface area contributed by atoms with Crippen LogP contribution in [0.1, 0.15) is 30.9 Å². The largest absolute Gasteiger partial charge is 0.384 e. The molecule has 0 aromatic heterocycles. The van der Waals surface area contributed by atoms with E-state index < -0.39 is 0 Å². The Morgan fingerprint density at radius 2 is 2.21 bits per heavy atom. The monoisotopic (exact) mass is 257 g/mol. The lowest BCUT2D eigenvalue weighted by atomic mass is 10.1. The number of aliphatic hydroxyl groups excluding tert-OH is 1. The maximum Gasteiger partial charge on any atom is 0.223 e. The van der Waals surface area contributed by atoms with Gasteiger partial charge in [-0.25, -0.2) is 0 Å². The average Bonchev–Trinajstić information content (AvgIpc) is 2.78. The summed E-state index contributed by atoms with van der Waals surface area (Å²) >= 11 is 0. The molecule has 1 N–H and O–H groups in total. The van der Waals surface area contributed by atoms with Crippen LogP contribution in [0.2, 0.25) is 0 Å². The molecule has 1 fully saturated rings. The summed E-state index contributed by atoms with van der Waals surface area (Å²) in [5.41, 5.74) is 1.94. The third kappa shape index (κ3) is 3.36. The number of rotatable bonds is 3. The molecule has 1 aromatic rings. The Morgan fingerprint density at radius 1 is 1.42 bits per heavy atom. The number of aliphatic hydroxyl groups is 1. The average molecular weight is 257 g/mol. The zero-order valence-electron chi connectivity index (χ0n) is 11.2.